The van der Waals surface area contributed by atoms with Gasteiger partial charge in [0.15, 0.2) is 0 Å². The van der Waals surface area contributed by atoms with Crippen molar-refractivity contribution in [3.63, 3.8) is 0 Å². The predicted octanol–water partition coefficient (Wildman–Crippen LogP) is 1.42. The SMILES string of the molecule is O=C(O)COCCNC(=O)c1c(F)cccc1Br. The largest absolute Gasteiger partial charge is 0.480 e. The quantitative estimate of drug-likeness (QED) is 0.777. The summed E-state index contributed by atoms with van der Waals surface area (Å²) in [6.07, 6.45) is 0. The van der Waals surface area contributed by atoms with Crippen LogP contribution in [-0.2, 0) is 9.53 Å². The number of hydrogen-bond acceptors (Lipinski definition) is 3. The monoisotopic (exact) mass is 319 g/mol. The zero-order chi connectivity index (χ0) is 13.5. The Kier molecular flexibility index (Phi) is 5.73. The summed E-state index contributed by atoms with van der Waals surface area (Å²) in [5, 5.41) is 10.7. The molecule has 0 atom stereocenters. The van der Waals surface area contributed by atoms with E-state index in [4.69, 9.17) is 9.84 Å². The molecule has 1 aromatic rings. The van der Waals surface area contributed by atoms with E-state index in [1.807, 2.05) is 0 Å². The third kappa shape index (κ3) is 4.42. The zero-order valence-electron chi connectivity index (χ0n) is 9.28. The number of nitrogens with one attached hydrogen (secondary N) is 1. The number of carbonyl (C=O) groups excluding carboxylic acids is 1. The van der Waals surface area contributed by atoms with Gasteiger partial charge in [0.1, 0.15) is 12.4 Å². The van der Waals surface area contributed by atoms with Crippen LogP contribution in [-0.4, -0.2) is 36.7 Å². The fourth-order valence-corrected chi connectivity index (χ4v) is 1.72. The molecule has 1 rings (SSSR count). The molecule has 1 amide bonds. The van der Waals surface area contributed by atoms with Gasteiger partial charge in [0.05, 0.1) is 12.2 Å². The van der Waals surface area contributed by atoms with E-state index in [9.17, 15) is 14.0 Å². The molecule has 0 aromatic heterocycles. The Morgan fingerprint density at radius 1 is 1.44 bits per heavy atom. The van der Waals surface area contributed by atoms with Crippen molar-refractivity contribution in [3.05, 3.63) is 34.1 Å². The summed E-state index contributed by atoms with van der Waals surface area (Å²) in [6.45, 7) is -0.281. The molecule has 7 heteroatoms. The molecule has 18 heavy (non-hydrogen) atoms. The highest BCUT2D eigenvalue weighted by atomic mass is 79.9. The van der Waals surface area contributed by atoms with E-state index >= 15 is 0 Å². The van der Waals surface area contributed by atoms with Crippen molar-refractivity contribution in [1.29, 1.82) is 0 Å². The van der Waals surface area contributed by atoms with E-state index < -0.39 is 24.3 Å². The fourth-order valence-electron chi connectivity index (χ4n) is 1.20. The summed E-state index contributed by atoms with van der Waals surface area (Å²) in [7, 11) is 0. The lowest BCUT2D eigenvalue weighted by Gasteiger charge is -2.07. The van der Waals surface area contributed by atoms with Gasteiger partial charge in [0, 0.05) is 11.0 Å². The second-order valence-corrected chi connectivity index (χ2v) is 4.15. The number of hydrogen-bond donors (Lipinski definition) is 2. The van der Waals surface area contributed by atoms with Crippen LogP contribution in [0.2, 0.25) is 0 Å². The first-order valence-electron chi connectivity index (χ1n) is 5.04. The van der Waals surface area contributed by atoms with Crippen LogP contribution < -0.4 is 5.32 Å². The first-order valence-corrected chi connectivity index (χ1v) is 5.83. The Hall–Kier alpha value is -1.47. The summed E-state index contributed by atoms with van der Waals surface area (Å²) < 4.78 is 18.5. The van der Waals surface area contributed by atoms with E-state index in [0.29, 0.717) is 4.47 Å². The van der Waals surface area contributed by atoms with E-state index in [2.05, 4.69) is 21.2 Å². The lowest BCUT2D eigenvalue weighted by Crippen LogP contribution is -2.29. The van der Waals surface area contributed by atoms with E-state index in [1.54, 1.807) is 6.07 Å². The summed E-state index contributed by atoms with van der Waals surface area (Å²) in [5.41, 5.74) is -0.0873. The minimum atomic E-state index is -1.09. The maximum absolute atomic E-state index is 13.4. The van der Waals surface area contributed by atoms with Crippen LogP contribution >= 0.6 is 15.9 Å². The van der Waals surface area contributed by atoms with Crippen LogP contribution in [0.5, 0.6) is 0 Å². The average molecular weight is 320 g/mol. The van der Waals surface area contributed by atoms with E-state index in [0.717, 1.165) is 0 Å². The lowest BCUT2D eigenvalue weighted by molar-refractivity contribution is -0.142. The summed E-state index contributed by atoms with van der Waals surface area (Å²) in [6, 6.07) is 4.21. The third-order valence-corrected chi connectivity index (χ3v) is 2.61. The highest BCUT2D eigenvalue weighted by molar-refractivity contribution is 9.10. The van der Waals surface area contributed by atoms with Gasteiger partial charge in [0.25, 0.3) is 5.91 Å². The van der Waals surface area contributed by atoms with Crippen LogP contribution in [0, 0.1) is 5.82 Å². The topological polar surface area (TPSA) is 75.6 Å². The molecule has 0 heterocycles. The third-order valence-electron chi connectivity index (χ3n) is 1.95. The number of amides is 1. The smallest absolute Gasteiger partial charge is 0.329 e. The molecule has 0 radical (unpaired) electrons. The summed E-state index contributed by atoms with van der Waals surface area (Å²) in [4.78, 5) is 21.8. The number of carbonyl (C=O) groups is 2. The second kappa shape index (κ2) is 7.07. The Labute approximate surface area is 111 Å². The van der Waals surface area contributed by atoms with Gasteiger partial charge in [-0.15, -0.1) is 0 Å². The first-order chi connectivity index (χ1) is 8.52. The van der Waals surface area contributed by atoms with E-state index in [-0.39, 0.29) is 18.7 Å². The molecule has 0 saturated heterocycles. The summed E-state index contributed by atoms with van der Waals surface area (Å²) >= 11 is 3.08. The number of carboxylic acid groups (broad SMARTS) is 1. The highest BCUT2D eigenvalue weighted by Gasteiger charge is 2.14. The molecule has 0 bridgehead atoms. The fraction of sp³-hybridized carbons (Fsp3) is 0.273. The molecule has 5 nitrogen and oxygen atoms in total. The highest BCUT2D eigenvalue weighted by Crippen LogP contribution is 2.19. The van der Waals surface area contributed by atoms with Crippen LogP contribution in [0.3, 0.4) is 0 Å². The minimum Gasteiger partial charge on any atom is -0.480 e. The van der Waals surface area contributed by atoms with Gasteiger partial charge in [-0.25, -0.2) is 9.18 Å². The van der Waals surface area contributed by atoms with Crippen LogP contribution in [0.1, 0.15) is 10.4 Å². The number of ether oxygens (including phenoxy) is 1. The van der Waals surface area contributed by atoms with Crippen molar-refractivity contribution in [2.45, 2.75) is 0 Å². The molecule has 0 aliphatic heterocycles. The molecule has 0 spiro atoms. The van der Waals surface area contributed by atoms with Crippen LogP contribution in [0.4, 0.5) is 4.39 Å². The molecule has 0 unspecified atom stereocenters. The van der Waals surface area contributed by atoms with Gasteiger partial charge < -0.3 is 15.2 Å². The zero-order valence-corrected chi connectivity index (χ0v) is 10.9. The second-order valence-electron chi connectivity index (χ2n) is 3.30. The van der Waals surface area contributed by atoms with Crippen molar-refractivity contribution in [2.75, 3.05) is 19.8 Å². The van der Waals surface area contributed by atoms with Crippen molar-refractivity contribution >= 4 is 27.8 Å². The van der Waals surface area contributed by atoms with Gasteiger partial charge >= 0.3 is 5.97 Å². The Balaban J connectivity index is 2.44. The van der Waals surface area contributed by atoms with Gasteiger partial charge in [-0.1, -0.05) is 6.07 Å². The molecule has 0 aliphatic carbocycles. The molecule has 98 valence electrons. The number of halogens is 2. The van der Waals surface area contributed by atoms with Crippen molar-refractivity contribution < 1.29 is 23.8 Å². The Bertz CT molecular complexity index is 432. The molecule has 0 fully saturated rings. The van der Waals surface area contributed by atoms with Gasteiger partial charge in [-0.2, -0.15) is 0 Å². The molecule has 2 N–H and O–H groups in total. The first kappa shape index (κ1) is 14.6. The van der Waals surface area contributed by atoms with Crippen LogP contribution in [0.25, 0.3) is 0 Å². The van der Waals surface area contributed by atoms with Crippen molar-refractivity contribution in [3.8, 4) is 0 Å². The predicted molar refractivity (Wildman–Crippen MR) is 64.9 cm³/mol. The molecule has 0 saturated carbocycles. The van der Waals surface area contributed by atoms with Crippen LogP contribution in [0.15, 0.2) is 22.7 Å². The maximum Gasteiger partial charge on any atom is 0.329 e. The lowest BCUT2D eigenvalue weighted by atomic mass is 10.2. The Morgan fingerprint density at radius 3 is 2.78 bits per heavy atom. The normalized spacial score (nSPS) is 10.1. The standard InChI is InChI=1S/C11H11BrFNO4/c12-7-2-1-3-8(13)10(7)11(17)14-4-5-18-6-9(15)16/h1-3H,4-6H2,(H,14,17)(H,15,16). The molecular weight excluding hydrogens is 309 g/mol. The minimum absolute atomic E-state index is 0.0457. The number of benzene rings is 1. The van der Waals surface area contributed by atoms with Crippen molar-refractivity contribution in [2.24, 2.45) is 0 Å². The Morgan fingerprint density at radius 2 is 2.17 bits per heavy atom. The molecule has 0 aliphatic rings. The average Bonchev–Trinajstić information content (AvgIpc) is 2.27. The maximum atomic E-state index is 13.4. The van der Waals surface area contributed by atoms with Crippen molar-refractivity contribution in [1.82, 2.24) is 5.32 Å². The number of rotatable bonds is 6. The molecular formula is C11H11BrFNO4. The van der Waals surface area contributed by atoms with Gasteiger partial charge in [-0.3, -0.25) is 4.79 Å². The number of aliphatic carboxylic acids is 1. The van der Waals surface area contributed by atoms with Gasteiger partial charge in [-0.05, 0) is 28.1 Å². The summed E-state index contributed by atoms with van der Waals surface area (Å²) in [5.74, 6) is -2.30. The molecule has 1 aromatic carbocycles. The van der Waals surface area contributed by atoms with E-state index in [1.165, 1.54) is 12.1 Å². The number of carboxylic acids is 1. The van der Waals surface area contributed by atoms with Gasteiger partial charge in [0.2, 0.25) is 0 Å².